The molecule has 0 aliphatic carbocycles. The third-order valence-corrected chi connectivity index (χ3v) is 3.47. The van der Waals surface area contributed by atoms with Crippen LogP contribution in [0.1, 0.15) is 21.7 Å². The molecular formula is C12H18Cl2N4OS. The molecule has 2 aromatic rings. The van der Waals surface area contributed by atoms with Crippen LogP contribution in [-0.4, -0.2) is 28.5 Å². The van der Waals surface area contributed by atoms with Gasteiger partial charge in [-0.3, -0.25) is 9.36 Å². The molecule has 1 amide bonds. The topological polar surface area (TPSA) is 72.9 Å². The number of hydrogen-bond acceptors (Lipinski definition) is 4. The summed E-state index contributed by atoms with van der Waals surface area (Å²) in [4.78, 5) is 16.2. The summed E-state index contributed by atoms with van der Waals surface area (Å²) in [7, 11) is 0. The van der Waals surface area contributed by atoms with E-state index in [1.807, 2.05) is 29.9 Å². The molecule has 8 heteroatoms. The average Bonchev–Trinajstić information content (AvgIpc) is 2.94. The van der Waals surface area contributed by atoms with Gasteiger partial charge in [0.25, 0.3) is 5.91 Å². The van der Waals surface area contributed by atoms with Gasteiger partial charge < -0.3 is 11.1 Å². The number of nitrogens with one attached hydrogen (secondary N) is 1. The smallest absolute Gasteiger partial charge is 0.253 e. The lowest BCUT2D eigenvalue weighted by Crippen LogP contribution is -2.29. The Labute approximate surface area is 134 Å². The molecule has 5 nitrogen and oxygen atoms in total. The van der Waals surface area contributed by atoms with E-state index in [2.05, 4.69) is 10.3 Å². The Kier molecular flexibility index (Phi) is 7.82. The summed E-state index contributed by atoms with van der Waals surface area (Å²) in [5.74, 6) is -0.0867. The van der Waals surface area contributed by atoms with Crippen molar-refractivity contribution in [3.8, 4) is 5.13 Å². The van der Waals surface area contributed by atoms with Crippen LogP contribution in [0.25, 0.3) is 5.13 Å². The molecule has 0 aromatic carbocycles. The van der Waals surface area contributed by atoms with Crippen molar-refractivity contribution in [3.63, 3.8) is 0 Å². The lowest BCUT2D eigenvalue weighted by molar-refractivity contribution is 0.0954. The van der Waals surface area contributed by atoms with Crippen LogP contribution in [0.3, 0.4) is 0 Å². The Morgan fingerprint density at radius 2 is 2.15 bits per heavy atom. The average molecular weight is 337 g/mol. The van der Waals surface area contributed by atoms with Crippen molar-refractivity contribution in [2.24, 2.45) is 5.73 Å². The zero-order valence-corrected chi connectivity index (χ0v) is 13.7. The van der Waals surface area contributed by atoms with E-state index in [0.717, 1.165) is 16.5 Å². The van der Waals surface area contributed by atoms with Crippen LogP contribution in [0.4, 0.5) is 0 Å². The van der Waals surface area contributed by atoms with Gasteiger partial charge >= 0.3 is 0 Å². The molecule has 0 radical (unpaired) electrons. The molecule has 0 aliphatic rings. The molecule has 0 saturated carbocycles. The van der Waals surface area contributed by atoms with Crippen molar-refractivity contribution in [2.75, 3.05) is 13.1 Å². The minimum atomic E-state index is -0.0867. The monoisotopic (exact) mass is 336 g/mol. The molecule has 20 heavy (non-hydrogen) atoms. The fourth-order valence-electron chi connectivity index (χ4n) is 1.89. The minimum Gasteiger partial charge on any atom is -0.351 e. The van der Waals surface area contributed by atoms with E-state index < -0.39 is 0 Å². The van der Waals surface area contributed by atoms with E-state index in [-0.39, 0.29) is 30.7 Å². The van der Waals surface area contributed by atoms with Crippen LogP contribution < -0.4 is 11.1 Å². The number of nitrogens with two attached hydrogens (primary N) is 1. The molecule has 0 aliphatic heterocycles. The highest BCUT2D eigenvalue weighted by atomic mass is 35.5. The molecule has 0 fully saturated rings. The van der Waals surface area contributed by atoms with Gasteiger partial charge in [0.2, 0.25) is 0 Å². The van der Waals surface area contributed by atoms with Gasteiger partial charge in [0.15, 0.2) is 5.13 Å². The number of rotatable bonds is 4. The highest BCUT2D eigenvalue weighted by Crippen LogP contribution is 2.21. The van der Waals surface area contributed by atoms with Crippen molar-refractivity contribution in [2.45, 2.75) is 13.8 Å². The maximum Gasteiger partial charge on any atom is 0.253 e. The third-order valence-electron chi connectivity index (χ3n) is 2.72. The first-order valence-corrected chi connectivity index (χ1v) is 6.60. The number of thiazole rings is 1. The number of halogens is 2. The van der Waals surface area contributed by atoms with Crippen LogP contribution >= 0.6 is 36.2 Å². The maximum absolute atomic E-state index is 12.0. The van der Waals surface area contributed by atoms with Gasteiger partial charge in [0.05, 0.1) is 5.56 Å². The summed E-state index contributed by atoms with van der Waals surface area (Å²) >= 11 is 1.55. The minimum absolute atomic E-state index is 0. The first-order chi connectivity index (χ1) is 8.65. The number of amides is 1. The summed E-state index contributed by atoms with van der Waals surface area (Å²) in [6.45, 7) is 4.82. The van der Waals surface area contributed by atoms with Crippen molar-refractivity contribution < 1.29 is 4.79 Å². The Hall–Kier alpha value is -1.08. The van der Waals surface area contributed by atoms with E-state index >= 15 is 0 Å². The van der Waals surface area contributed by atoms with Crippen molar-refractivity contribution >= 4 is 42.1 Å². The quantitative estimate of drug-likeness (QED) is 0.897. The molecule has 2 heterocycles. The molecule has 112 valence electrons. The number of carbonyl (C=O) groups is 1. The highest BCUT2D eigenvalue weighted by Gasteiger charge is 2.17. The van der Waals surface area contributed by atoms with Crippen LogP contribution in [0.2, 0.25) is 0 Å². The van der Waals surface area contributed by atoms with Crippen LogP contribution in [-0.2, 0) is 0 Å². The largest absolute Gasteiger partial charge is 0.351 e. The molecular weight excluding hydrogens is 319 g/mol. The fraction of sp³-hybridized carbons (Fsp3) is 0.333. The molecule has 0 unspecified atom stereocenters. The second-order valence-corrected chi connectivity index (χ2v) is 4.85. The van der Waals surface area contributed by atoms with Crippen LogP contribution in [0.5, 0.6) is 0 Å². The predicted molar refractivity (Wildman–Crippen MR) is 86.8 cm³/mol. The zero-order valence-electron chi connectivity index (χ0n) is 11.3. The van der Waals surface area contributed by atoms with Gasteiger partial charge in [-0.15, -0.1) is 36.2 Å². The standard InChI is InChI=1S/C12H16N4OS.2ClH/c1-8-7-10(11(17)14-4-3-13)9(2)16(8)12-15-5-6-18-12;;/h5-7H,3-4,13H2,1-2H3,(H,14,17);2*1H. The van der Waals surface area contributed by atoms with Crippen LogP contribution in [0.15, 0.2) is 17.6 Å². The van der Waals surface area contributed by atoms with Crippen molar-refractivity contribution in [3.05, 3.63) is 34.6 Å². The second-order valence-electron chi connectivity index (χ2n) is 3.98. The molecule has 0 spiro atoms. The third kappa shape index (κ3) is 3.73. The summed E-state index contributed by atoms with van der Waals surface area (Å²) in [5, 5.41) is 5.58. The Bertz CT molecular complexity index is 554. The van der Waals surface area contributed by atoms with E-state index in [9.17, 15) is 4.79 Å². The summed E-state index contributed by atoms with van der Waals surface area (Å²) < 4.78 is 1.99. The lowest BCUT2D eigenvalue weighted by Gasteiger charge is -2.06. The first kappa shape index (κ1) is 18.9. The molecule has 3 N–H and O–H groups in total. The number of nitrogens with zero attached hydrogens (tertiary/aromatic N) is 2. The highest BCUT2D eigenvalue weighted by molar-refractivity contribution is 7.12. The zero-order chi connectivity index (χ0) is 13.1. The lowest BCUT2D eigenvalue weighted by atomic mass is 10.2. The second kappa shape index (κ2) is 8.26. The van der Waals surface area contributed by atoms with Crippen molar-refractivity contribution in [1.29, 1.82) is 0 Å². The number of aryl methyl sites for hydroxylation is 1. The summed E-state index contributed by atoms with van der Waals surface area (Å²) in [5.41, 5.74) is 7.95. The molecule has 0 atom stereocenters. The molecule has 2 aromatic heterocycles. The van der Waals surface area contributed by atoms with Gasteiger partial charge in [-0.2, -0.15) is 0 Å². The van der Waals surface area contributed by atoms with E-state index in [0.29, 0.717) is 18.7 Å². The molecule has 0 bridgehead atoms. The Morgan fingerprint density at radius 1 is 1.45 bits per heavy atom. The van der Waals surface area contributed by atoms with Crippen LogP contribution in [0, 0.1) is 13.8 Å². The first-order valence-electron chi connectivity index (χ1n) is 5.72. The Balaban J connectivity index is 0.00000180. The Morgan fingerprint density at radius 3 is 2.70 bits per heavy atom. The van der Waals surface area contributed by atoms with Gasteiger partial charge in [-0.25, -0.2) is 4.98 Å². The predicted octanol–water partition coefficient (Wildman–Crippen LogP) is 2.08. The van der Waals surface area contributed by atoms with E-state index in [4.69, 9.17) is 5.73 Å². The number of carbonyl (C=O) groups excluding carboxylic acids is 1. The van der Waals surface area contributed by atoms with Crippen molar-refractivity contribution in [1.82, 2.24) is 14.9 Å². The van der Waals surface area contributed by atoms with Gasteiger partial charge in [-0.05, 0) is 19.9 Å². The number of aromatic nitrogens is 2. The van der Waals surface area contributed by atoms with Gasteiger partial charge in [0, 0.05) is 36.1 Å². The SMILES string of the molecule is Cc1cc(C(=O)NCCN)c(C)n1-c1nccs1.Cl.Cl. The summed E-state index contributed by atoms with van der Waals surface area (Å²) in [6, 6.07) is 1.88. The molecule has 0 saturated heterocycles. The van der Waals surface area contributed by atoms with Gasteiger partial charge in [-0.1, -0.05) is 0 Å². The molecule has 2 rings (SSSR count). The summed E-state index contributed by atoms with van der Waals surface area (Å²) in [6.07, 6.45) is 1.76. The van der Waals surface area contributed by atoms with E-state index in [1.54, 1.807) is 17.5 Å². The normalized spacial score (nSPS) is 9.55. The number of hydrogen-bond donors (Lipinski definition) is 2. The maximum atomic E-state index is 12.0. The van der Waals surface area contributed by atoms with Gasteiger partial charge in [0.1, 0.15) is 0 Å². The van der Waals surface area contributed by atoms with E-state index in [1.165, 1.54) is 0 Å². The fourth-order valence-corrected chi connectivity index (χ4v) is 2.65.